The molecule has 0 aliphatic heterocycles. The molecule has 0 fully saturated rings. The molecule has 0 spiro atoms. The molecule has 0 aromatic heterocycles. The summed E-state index contributed by atoms with van der Waals surface area (Å²) in [6.07, 6.45) is 2.48. The molecule has 0 aliphatic carbocycles. The molecule has 0 radical (unpaired) electrons. The number of thioether (sulfide) groups is 1. The maximum Gasteiger partial charge on any atom is 0.320 e. The lowest BCUT2D eigenvalue weighted by atomic mass is 10.1. The molecule has 0 saturated heterocycles. The zero-order valence-electron chi connectivity index (χ0n) is 11.8. The fourth-order valence-corrected chi connectivity index (χ4v) is 2.24. The van der Waals surface area contributed by atoms with Crippen LogP contribution in [0.5, 0.6) is 11.5 Å². The van der Waals surface area contributed by atoms with E-state index in [0.717, 1.165) is 5.75 Å². The highest BCUT2D eigenvalue weighted by atomic mass is 32.2. The topological polar surface area (TPSA) is 78.8 Å². The number of rotatable bonds is 9. The molecule has 0 saturated carbocycles. The Hall–Kier alpha value is -1.40. The van der Waals surface area contributed by atoms with Crippen molar-refractivity contribution in [1.29, 1.82) is 0 Å². The summed E-state index contributed by atoms with van der Waals surface area (Å²) in [7, 11) is 0. The van der Waals surface area contributed by atoms with Gasteiger partial charge < -0.3 is 20.3 Å². The van der Waals surface area contributed by atoms with Crippen molar-refractivity contribution in [3.63, 3.8) is 0 Å². The Kier molecular flexibility index (Phi) is 7.25. The molecule has 1 unspecified atom stereocenters. The zero-order chi connectivity index (χ0) is 15.0. The number of carbonyl (C=O) groups is 1. The number of para-hydroxylation sites is 1. The molecule has 0 bridgehead atoms. The van der Waals surface area contributed by atoms with Gasteiger partial charge in [-0.2, -0.15) is 11.8 Å². The molecule has 20 heavy (non-hydrogen) atoms. The summed E-state index contributed by atoms with van der Waals surface area (Å²) in [6.45, 7) is 2.60. The third-order valence-electron chi connectivity index (χ3n) is 2.83. The van der Waals surface area contributed by atoms with Crippen molar-refractivity contribution >= 4 is 17.7 Å². The maximum absolute atomic E-state index is 11.1. The van der Waals surface area contributed by atoms with Gasteiger partial charge in [-0.1, -0.05) is 12.1 Å². The van der Waals surface area contributed by atoms with Gasteiger partial charge >= 0.3 is 5.97 Å². The van der Waals surface area contributed by atoms with E-state index < -0.39 is 12.0 Å². The van der Waals surface area contributed by atoms with Crippen LogP contribution in [-0.2, 0) is 11.3 Å². The van der Waals surface area contributed by atoms with Crippen LogP contribution in [0.4, 0.5) is 0 Å². The number of aliphatic carboxylic acids is 1. The van der Waals surface area contributed by atoms with Crippen molar-refractivity contribution in [3.8, 4) is 11.5 Å². The van der Waals surface area contributed by atoms with E-state index in [4.69, 9.17) is 9.84 Å². The number of benzene rings is 1. The van der Waals surface area contributed by atoms with Crippen molar-refractivity contribution < 1.29 is 19.7 Å². The summed E-state index contributed by atoms with van der Waals surface area (Å²) in [4.78, 5) is 11.1. The smallest absolute Gasteiger partial charge is 0.320 e. The van der Waals surface area contributed by atoms with Crippen LogP contribution in [0.2, 0.25) is 0 Å². The summed E-state index contributed by atoms with van der Waals surface area (Å²) in [5.41, 5.74) is 0.631. The number of ether oxygens (including phenoxy) is 1. The van der Waals surface area contributed by atoms with Gasteiger partial charge in [0, 0.05) is 12.1 Å². The van der Waals surface area contributed by atoms with Crippen LogP contribution in [-0.4, -0.2) is 40.8 Å². The van der Waals surface area contributed by atoms with E-state index in [2.05, 4.69) is 5.32 Å². The summed E-state index contributed by atoms with van der Waals surface area (Å²) in [5.74, 6) is 0.382. The highest BCUT2D eigenvalue weighted by Crippen LogP contribution is 2.29. The van der Waals surface area contributed by atoms with Crippen LogP contribution in [0.15, 0.2) is 18.2 Å². The number of hydrogen-bond donors (Lipinski definition) is 3. The summed E-state index contributed by atoms with van der Waals surface area (Å²) in [6, 6.07) is 4.60. The zero-order valence-corrected chi connectivity index (χ0v) is 12.6. The summed E-state index contributed by atoms with van der Waals surface area (Å²) < 4.78 is 5.30. The molecule has 0 amide bonds. The summed E-state index contributed by atoms with van der Waals surface area (Å²) in [5, 5.41) is 22.1. The third kappa shape index (κ3) is 4.94. The number of phenolic OH excluding ortho intramolecular Hbond substituents is 1. The van der Waals surface area contributed by atoms with Crippen molar-refractivity contribution in [3.05, 3.63) is 23.8 Å². The van der Waals surface area contributed by atoms with Crippen molar-refractivity contribution in [2.75, 3.05) is 18.6 Å². The van der Waals surface area contributed by atoms with Crippen molar-refractivity contribution in [2.45, 2.75) is 25.9 Å². The van der Waals surface area contributed by atoms with Gasteiger partial charge in [-0.15, -0.1) is 0 Å². The second kappa shape index (κ2) is 8.71. The fourth-order valence-electron chi connectivity index (χ4n) is 1.76. The normalized spacial score (nSPS) is 12.1. The predicted molar refractivity (Wildman–Crippen MR) is 80.5 cm³/mol. The van der Waals surface area contributed by atoms with E-state index in [0.29, 0.717) is 24.3 Å². The van der Waals surface area contributed by atoms with Gasteiger partial charge in [-0.05, 0) is 31.4 Å². The minimum Gasteiger partial charge on any atom is -0.504 e. The van der Waals surface area contributed by atoms with Gasteiger partial charge in [0.2, 0.25) is 0 Å². The van der Waals surface area contributed by atoms with Crippen LogP contribution in [0.1, 0.15) is 18.9 Å². The molecule has 1 aromatic rings. The van der Waals surface area contributed by atoms with Crippen molar-refractivity contribution in [1.82, 2.24) is 5.32 Å². The number of phenols is 1. The lowest BCUT2D eigenvalue weighted by molar-refractivity contribution is -0.139. The Morgan fingerprint density at radius 1 is 1.50 bits per heavy atom. The summed E-state index contributed by atoms with van der Waals surface area (Å²) >= 11 is 1.61. The molecule has 5 nitrogen and oxygen atoms in total. The second-order valence-electron chi connectivity index (χ2n) is 4.25. The van der Waals surface area contributed by atoms with Crippen LogP contribution >= 0.6 is 11.8 Å². The van der Waals surface area contributed by atoms with Crippen LogP contribution in [0.3, 0.4) is 0 Å². The first kappa shape index (κ1) is 16.7. The largest absolute Gasteiger partial charge is 0.504 e. The Morgan fingerprint density at radius 2 is 2.25 bits per heavy atom. The standard InChI is InChI=1S/C14H21NO4S/c1-3-19-12-6-4-5-10(13(12)16)9-15-11(14(17)18)7-8-20-2/h4-6,11,15-16H,3,7-9H2,1-2H3,(H,17,18). The molecule has 3 N–H and O–H groups in total. The Bertz CT molecular complexity index is 439. The molecule has 0 aliphatic rings. The minimum absolute atomic E-state index is 0.0656. The predicted octanol–water partition coefficient (Wildman–Crippen LogP) is 2.09. The third-order valence-corrected chi connectivity index (χ3v) is 3.47. The molecular weight excluding hydrogens is 278 g/mol. The quantitative estimate of drug-likeness (QED) is 0.648. The van der Waals surface area contributed by atoms with Crippen LogP contribution < -0.4 is 10.1 Å². The molecule has 0 heterocycles. The van der Waals surface area contributed by atoms with Gasteiger partial charge in [-0.25, -0.2) is 0 Å². The number of aromatic hydroxyl groups is 1. The minimum atomic E-state index is -0.875. The van der Waals surface area contributed by atoms with E-state index >= 15 is 0 Å². The van der Waals surface area contributed by atoms with Gasteiger partial charge in [0.05, 0.1) is 6.61 Å². The van der Waals surface area contributed by atoms with E-state index in [-0.39, 0.29) is 12.3 Å². The fraction of sp³-hybridized carbons (Fsp3) is 0.500. The van der Waals surface area contributed by atoms with Gasteiger partial charge in [-0.3, -0.25) is 4.79 Å². The van der Waals surface area contributed by atoms with Crippen molar-refractivity contribution in [2.24, 2.45) is 0 Å². The van der Waals surface area contributed by atoms with E-state index in [9.17, 15) is 9.90 Å². The van der Waals surface area contributed by atoms with Crippen LogP contribution in [0.25, 0.3) is 0 Å². The first-order valence-electron chi connectivity index (χ1n) is 6.48. The maximum atomic E-state index is 11.1. The molecule has 1 atom stereocenters. The molecule has 1 rings (SSSR count). The Balaban J connectivity index is 2.67. The first-order chi connectivity index (χ1) is 9.60. The number of hydrogen-bond acceptors (Lipinski definition) is 5. The Labute approximate surface area is 123 Å². The molecule has 1 aromatic carbocycles. The highest BCUT2D eigenvalue weighted by molar-refractivity contribution is 7.98. The second-order valence-corrected chi connectivity index (χ2v) is 5.24. The van der Waals surface area contributed by atoms with Gasteiger partial charge in [0.1, 0.15) is 6.04 Å². The van der Waals surface area contributed by atoms with E-state index in [1.165, 1.54) is 0 Å². The highest BCUT2D eigenvalue weighted by Gasteiger charge is 2.17. The van der Waals surface area contributed by atoms with Gasteiger partial charge in [0.25, 0.3) is 0 Å². The molecule has 112 valence electrons. The van der Waals surface area contributed by atoms with Crippen LogP contribution in [0, 0.1) is 0 Å². The monoisotopic (exact) mass is 299 g/mol. The van der Waals surface area contributed by atoms with Gasteiger partial charge in [0.15, 0.2) is 11.5 Å². The lowest BCUT2D eigenvalue weighted by Crippen LogP contribution is -2.36. The lowest BCUT2D eigenvalue weighted by Gasteiger charge is -2.15. The number of carboxylic acids is 1. The van der Waals surface area contributed by atoms with E-state index in [1.807, 2.05) is 13.2 Å². The first-order valence-corrected chi connectivity index (χ1v) is 7.88. The average molecular weight is 299 g/mol. The Morgan fingerprint density at radius 3 is 2.85 bits per heavy atom. The molecule has 6 heteroatoms. The average Bonchev–Trinajstić information content (AvgIpc) is 2.42. The molecular formula is C14H21NO4S. The van der Waals surface area contributed by atoms with E-state index in [1.54, 1.807) is 30.0 Å². The SMILES string of the molecule is CCOc1cccc(CNC(CCSC)C(=O)O)c1O. The number of carboxylic acid groups (broad SMARTS) is 1. The number of nitrogens with one attached hydrogen (secondary N) is 1.